The molecular formula is C42H32Cl6N8O6. The number of Topliss-reactive ketones (excluding diaryl/α,β-unsaturated/α-hetero) is 2. The highest BCUT2D eigenvalue weighted by molar-refractivity contribution is 6.41. The highest BCUT2D eigenvalue weighted by Crippen LogP contribution is 2.33. The lowest BCUT2D eigenvalue weighted by Crippen LogP contribution is -2.33. The van der Waals surface area contributed by atoms with Crippen molar-refractivity contribution in [3.8, 4) is 0 Å². The van der Waals surface area contributed by atoms with Crippen LogP contribution in [-0.4, -0.2) is 47.3 Å². The van der Waals surface area contributed by atoms with Crippen molar-refractivity contribution in [2.45, 2.75) is 39.8 Å². The third-order valence-electron chi connectivity index (χ3n) is 8.58. The standard InChI is InChI=1S/C42H32Cl6N8O6/c1-19-11-27(49-41(61)35(21(3)57)55-53-28-15-23(13-25(43)17-28)39(59)51-37-30(45)7-5-8-31(37)46)12-20(2)34(19)50-42(62)36(22(4)58)56-54-29-16-24(14-26(44)18-29)40(60)52-38-32(47)9-6-10-33(38)48/h5-18,35-36H,1-4H3,(H,49,61)(H,50,62)(H,51,59)(H,52,60). The molecule has 318 valence electrons. The molecule has 0 heterocycles. The Morgan fingerprint density at radius 2 is 0.855 bits per heavy atom. The summed E-state index contributed by atoms with van der Waals surface area (Å²) in [7, 11) is 0. The van der Waals surface area contributed by atoms with Gasteiger partial charge in [0, 0.05) is 32.5 Å². The number of azo groups is 2. The maximum absolute atomic E-state index is 13.4. The van der Waals surface area contributed by atoms with Crippen molar-refractivity contribution in [1.29, 1.82) is 0 Å². The Bertz CT molecular complexity index is 2650. The lowest BCUT2D eigenvalue weighted by atomic mass is 10.1. The molecule has 0 fully saturated rings. The Hall–Kier alpha value is -5.74. The lowest BCUT2D eigenvalue weighted by Gasteiger charge is -2.17. The molecule has 0 bridgehead atoms. The molecule has 0 saturated heterocycles. The molecule has 5 aromatic rings. The summed E-state index contributed by atoms with van der Waals surface area (Å²) in [5.41, 5.74) is 2.18. The number of halogens is 6. The second-order valence-electron chi connectivity index (χ2n) is 13.4. The lowest BCUT2D eigenvalue weighted by molar-refractivity contribution is -0.127. The molecule has 20 heteroatoms. The number of ketones is 2. The number of carbonyl (C=O) groups is 6. The van der Waals surface area contributed by atoms with Gasteiger partial charge in [0.2, 0.25) is 12.1 Å². The normalized spacial score (nSPS) is 12.2. The number of amides is 4. The van der Waals surface area contributed by atoms with Crippen molar-refractivity contribution < 1.29 is 28.8 Å². The van der Waals surface area contributed by atoms with E-state index in [1.54, 1.807) is 50.2 Å². The molecule has 2 unspecified atom stereocenters. The van der Waals surface area contributed by atoms with Crippen LogP contribution in [0.3, 0.4) is 0 Å². The van der Waals surface area contributed by atoms with E-state index in [2.05, 4.69) is 41.7 Å². The molecule has 4 amide bonds. The van der Waals surface area contributed by atoms with E-state index in [0.29, 0.717) is 16.8 Å². The smallest absolute Gasteiger partial charge is 0.258 e. The second-order valence-corrected chi connectivity index (χ2v) is 15.9. The van der Waals surface area contributed by atoms with E-state index >= 15 is 0 Å². The van der Waals surface area contributed by atoms with E-state index in [0.717, 1.165) is 13.8 Å². The van der Waals surface area contributed by atoms with Gasteiger partial charge in [-0.3, -0.25) is 28.8 Å². The molecule has 0 spiro atoms. The Kier molecular flexibility index (Phi) is 15.9. The SMILES string of the molecule is CC(=O)C(N=Nc1cc(Cl)cc(C(=O)Nc2c(Cl)cccc2Cl)c1)C(=O)Nc1cc(C)c(NC(=O)C(N=Nc2cc(Cl)cc(C(=O)Nc3c(Cl)cccc3Cl)c2)C(C)=O)c(C)c1. The number of nitrogens with zero attached hydrogens (tertiary/aromatic N) is 4. The molecule has 0 aliphatic carbocycles. The fourth-order valence-electron chi connectivity index (χ4n) is 5.65. The summed E-state index contributed by atoms with van der Waals surface area (Å²) >= 11 is 37.2. The maximum Gasteiger partial charge on any atom is 0.258 e. The molecule has 5 rings (SSSR count). The van der Waals surface area contributed by atoms with Gasteiger partial charge in [0.25, 0.3) is 23.6 Å². The van der Waals surface area contributed by atoms with Crippen molar-refractivity contribution in [3.05, 3.63) is 137 Å². The minimum absolute atomic E-state index is 0.0696. The van der Waals surface area contributed by atoms with E-state index in [-0.39, 0.29) is 69.7 Å². The summed E-state index contributed by atoms with van der Waals surface area (Å²) in [6, 6.07) is 17.5. The zero-order valence-corrected chi connectivity index (χ0v) is 37.3. The fourth-order valence-corrected chi connectivity index (χ4v) is 7.09. The molecular weight excluding hydrogens is 925 g/mol. The zero-order valence-electron chi connectivity index (χ0n) is 32.7. The van der Waals surface area contributed by atoms with Crippen LogP contribution in [0.5, 0.6) is 0 Å². The van der Waals surface area contributed by atoms with Crippen LogP contribution in [0.1, 0.15) is 45.7 Å². The number of benzene rings is 5. The Labute approximate surface area is 384 Å². The van der Waals surface area contributed by atoms with Crippen LogP contribution in [0.2, 0.25) is 30.1 Å². The van der Waals surface area contributed by atoms with Crippen molar-refractivity contribution >= 4 is 139 Å². The highest BCUT2D eigenvalue weighted by atomic mass is 35.5. The van der Waals surface area contributed by atoms with Crippen LogP contribution in [0, 0.1) is 13.8 Å². The molecule has 4 N–H and O–H groups in total. The molecule has 2 atom stereocenters. The van der Waals surface area contributed by atoms with Crippen molar-refractivity contribution in [1.82, 2.24) is 0 Å². The maximum atomic E-state index is 13.4. The predicted molar refractivity (Wildman–Crippen MR) is 243 cm³/mol. The van der Waals surface area contributed by atoms with Crippen molar-refractivity contribution in [2.75, 3.05) is 21.3 Å². The van der Waals surface area contributed by atoms with E-state index in [1.807, 2.05) is 0 Å². The van der Waals surface area contributed by atoms with Gasteiger partial charge in [-0.05, 0) is 112 Å². The first-order valence-corrected chi connectivity index (χ1v) is 20.3. The average Bonchev–Trinajstić information content (AvgIpc) is 3.18. The van der Waals surface area contributed by atoms with Gasteiger partial charge in [-0.25, -0.2) is 0 Å². The second kappa shape index (κ2) is 20.9. The predicted octanol–water partition coefficient (Wildman–Crippen LogP) is 12.1. The fraction of sp³-hybridized carbons (Fsp3) is 0.143. The third-order valence-corrected chi connectivity index (χ3v) is 10.3. The van der Waals surface area contributed by atoms with Crippen molar-refractivity contribution in [3.63, 3.8) is 0 Å². The quantitative estimate of drug-likeness (QED) is 0.0630. The van der Waals surface area contributed by atoms with Crippen molar-refractivity contribution in [2.24, 2.45) is 20.5 Å². The van der Waals surface area contributed by atoms with Gasteiger partial charge < -0.3 is 21.3 Å². The minimum atomic E-state index is -1.60. The summed E-state index contributed by atoms with van der Waals surface area (Å²) < 4.78 is 0. The molecule has 0 saturated carbocycles. The molecule has 0 aromatic heterocycles. The molecule has 14 nitrogen and oxygen atoms in total. The summed E-state index contributed by atoms with van der Waals surface area (Å²) in [5.74, 6) is -4.13. The van der Waals surface area contributed by atoms with Crippen LogP contribution < -0.4 is 21.3 Å². The van der Waals surface area contributed by atoms with Gasteiger partial charge in [-0.15, -0.1) is 0 Å². The van der Waals surface area contributed by atoms with Gasteiger partial charge in [-0.2, -0.15) is 20.5 Å². The first kappa shape index (κ1) is 47.3. The van der Waals surface area contributed by atoms with Crippen LogP contribution in [0.4, 0.5) is 34.1 Å². The van der Waals surface area contributed by atoms with Gasteiger partial charge in [0.1, 0.15) is 0 Å². The zero-order chi connectivity index (χ0) is 45.4. The average molecular weight is 957 g/mol. The number of para-hydroxylation sites is 2. The van der Waals surface area contributed by atoms with E-state index in [4.69, 9.17) is 69.6 Å². The van der Waals surface area contributed by atoms with E-state index in [1.165, 1.54) is 48.5 Å². The summed E-state index contributed by atoms with van der Waals surface area (Å²) in [4.78, 5) is 78.0. The molecule has 0 radical (unpaired) electrons. The van der Waals surface area contributed by atoms with Crippen LogP contribution in [0.15, 0.2) is 105 Å². The molecule has 5 aromatic carbocycles. The highest BCUT2D eigenvalue weighted by Gasteiger charge is 2.26. The largest absolute Gasteiger partial charge is 0.324 e. The third kappa shape index (κ3) is 12.2. The summed E-state index contributed by atoms with van der Waals surface area (Å²) in [5, 5.41) is 27.6. The first-order chi connectivity index (χ1) is 29.3. The monoisotopic (exact) mass is 954 g/mol. The molecule has 0 aliphatic rings. The van der Waals surface area contributed by atoms with Gasteiger partial charge >= 0.3 is 0 Å². The Morgan fingerprint density at radius 3 is 1.23 bits per heavy atom. The number of hydrogen-bond acceptors (Lipinski definition) is 10. The summed E-state index contributed by atoms with van der Waals surface area (Å²) in [6.45, 7) is 5.61. The number of hydrogen-bond donors (Lipinski definition) is 4. The molecule has 62 heavy (non-hydrogen) atoms. The molecule has 0 aliphatic heterocycles. The van der Waals surface area contributed by atoms with E-state index in [9.17, 15) is 28.8 Å². The van der Waals surface area contributed by atoms with Crippen LogP contribution in [0.25, 0.3) is 0 Å². The van der Waals surface area contributed by atoms with Crippen LogP contribution >= 0.6 is 69.6 Å². The van der Waals surface area contributed by atoms with Gasteiger partial charge in [0.15, 0.2) is 11.6 Å². The topological polar surface area (TPSA) is 200 Å². The number of anilines is 4. The number of aryl methyl sites for hydroxylation is 2. The van der Waals surface area contributed by atoms with Gasteiger partial charge in [0.05, 0.1) is 42.8 Å². The van der Waals surface area contributed by atoms with E-state index < -0.39 is 47.3 Å². The van der Waals surface area contributed by atoms with Gasteiger partial charge in [-0.1, -0.05) is 81.7 Å². The number of nitrogens with one attached hydrogen (secondary N) is 4. The Balaban J connectivity index is 1.27. The number of rotatable bonds is 14. The minimum Gasteiger partial charge on any atom is -0.324 e. The number of carbonyl (C=O) groups excluding carboxylic acids is 6. The first-order valence-electron chi connectivity index (χ1n) is 18.0. The summed E-state index contributed by atoms with van der Waals surface area (Å²) in [6.07, 6.45) is 0. The Morgan fingerprint density at radius 1 is 0.484 bits per heavy atom. The van der Waals surface area contributed by atoms with Crippen LogP contribution in [-0.2, 0) is 19.2 Å².